The highest BCUT2D eigenvalue weighted by molar-refractivity contribution is 6.36. The molecule has 1 atom stereocenters. The lowest BCUT2D eigenvalue weighted by Crippen LogP contribution is -2.52. The van der Waals surface area contributed by atoms with Gasteiger partial charge in [-0.05, 0) is 44.6 Å². The van der Waals surface area contributed by atoms with Gasteiger partial charge in [-0.1, -0.05) is 44.0 Å². The lowest BCUT2D eigenvalue weighted by atomic mass is 10.0. The van der Waals surface area contributed by atoms with Crippen molar-refractivity contribution in [1.82, 2.24) is 15.1 Å². The highest BCUT2D eigenvalue weighted by Gasteiger charge is 2.29. The SMILES string of the molecule is CCCN(CCN(C)C)C(=O)C(NC(=O)c1ccc(Cl)cc1Cl)C(C)C. The highest BCUT2D eigenvalue weighted by atomic mass is 35.5. The van der Waals surface area contributed by atoms with Crippen molar-refractivity contribution in [3.05, 3.63) is 33.8 Å². The van der Waals surface area contributed by atoms with Crippen LogP contribution < -0.4 is 5.32 Å². The summed E-state index contributed by atoms with van der Waals surface area (Å²) in [5.41, 5.74) is 0.310. The number of amides is 2. The average molecular weight is 402 g/mol. The van der Waals surface area contributed by atoms with E-state index in [1.54, 1.807) is 12.1 Å². The predicted molar refractivity (Wildman–Crippen MR) is 108 cm³/mol. The molecule has 0 heterocycles. The van der Waals surface area contributed by atoms with E-state index in [2.05, 4.69) is 5.32 Å². The van der Waals surface area contributed by atoms with E-state index in [9.17, 15) is 9.59 Å². The molecule has 1 aromatic carbocycles. The number of hydrogen-bond donors (Lipinski definition) is 1. The lowest BCUT2D eigenvalue weighted by molar-refractivity contribution is -0.134. The second-order valence-corrected chi connectivity index (χ2v) is 7.79. The molecule has 0 saturated heterocycles. The second-order valence-electron chi connectivity index (χ2n) is 6.95. The zero-order valence-electron chi connectivity index (χ0n) is 16.2. The van der Waals surface area contributed by atoms with Crippen LogP contribution in [0.2, 0.25) is 10.0 Å². The molecule has 0 radical (unpaired) electrons. The molecule has 0 aliphatic heterocycles. The molecule has 1 aromatic rings. The zero-order valence-corrected chi connectivity index (χ0v) is 17.7. The lowest BCUT2D eigenvalue weighted by Gasteiger charge is -2.30. The molecule has 0 aliphatic carbocycles. The summed E-state index contributed by atoms with van der Waals surface area (Å²) in [7, 11) is 3.94. The van der Waals surface area contributed by atoms with Gasteiger partial charge in [-0.3, -0.25) is 9.59 Å². The summed E-state index contributed by atoms with van der Waals surface area (Å²) < 4.78 is 0. The Morgan fingerprint density at radius 1 is 1.12 bits per heavy atom. The van der Waals surface area contributed by atoms with E-state index in [0.29, 0.717) is 23.7 Å². The molecular weight excluding hydrogens is 373 g/mol. The summed E-state index contributed by atoms with van der Waals surface area (Å²) in [5, 5.41) is 3.57. The van der Waals surface area contributed by atoms with Crippen molar-refractivity contribution in [2.75, 3.05) is 33.7 Å². The minimum Gasteiger partial charge on any atom is -0.340 e. The molecule has 0 bridgehead atoms. The number of carbonyl (C=O) groups excluding carboxylic acids is 2. The van der Waals surface area contributed by atoms with Crippen LogP contribution >= 0.6 is 23.2 Å². The number of hydrogen-bond acceptors (Lipinski definition) is 3. The number of rotatable bonds is 9. The number of halogens is 2. The molecule has 7 heteroatoms. The molecule has 146 valence electrons. The molecule has 0 aromatic heterocycles. The quantitative estimate of drug-likeness (QED) is 0.688. The van der Waals surface area contributed by atoms with E-state index in [4.69, 9.17) is 23.2 Å². The minimum absolute atomic E-state index is 0.0452. The number of nitrogens with one attached hydrogen (secondary N) is 1. The van der Waals surface area contributed by atoms with Gasteiger partial charge in [0.25, 0.3) is 5.91 Å². The fourth-order valence-electron chi connectivity index (χ4n) is 2.53. The average Bonchev–Trinajstić information content (AvgIpc) is 2.55. The third-order valence-corrected chi connectivity index (χ3v) is 4.57. The first-order valence-electron chi connectivity index (χ1n) is 8.86. The van der Waals surface area contributed by atoms with Crippen molar-refractivity contribution < 1.29 is 9.59 Å². The molecule has 1 N–H and O–H groups in total. The van der Waals surface area contributed by atoms with Crippen LogP contribution in [0.5, 0.6) is 0 Å². The summed E-state index contributed by atoms with van der Waals surface area (Å²) in [6, 6.07) is 4.08. The third kappa shape index (κ3) is 6.78. The molecule has 0 aliphatic rings. The first-order chi connectivity index (χ1) is 12.2. The fourth-order valence-corrected chi connectivity index (χ4v) is 3.02. The van der Waals surface area contributed by atoms with Crippen molar-refractivity contribution in [2.45, 2.75) is 33.2 Å². The van der Waals surface area contributed by atoms with Gasteiger partial charge in [0.2, 0.25) is 5.91 Å². The van der Waals surface area contributed by atoms with Crippen molar-refractivity contribution in [2.24, 2.45) is 5.92 Å². The molecule has 1 unspecified atom stereocenters. The highest BCUT2D eigenvalue weighted by Crippen LogP contribution is 2.21. The standard InChI is InChI=1S/C19H29Cl2N3O2/c1-6-9-24(11-10-23(4)5)19(26)17(13(2)3)22-18(25)15-8-7-14(20)12-16(15)21/h7-8,12-13,17H,6,9-11H2,1-5H3,(H,22,25). The van der Waals surface area contributed by atoms with E-state index in [0.717, 1.165) is 13.0 Å². The van der Waals surface area contributed by atoms with Crippen LogP contribution in [0.1, 0.15) is 37.6 Å². The van der Waals surface area contributed by atoms with Gasteiger partial charge in [-0.25, -0.2) is 0 Å². The summed E-state index contributed by atoms with van der Waals surface area (Å²) in [4.78, 5) is 29.5. The summed E-state index contributed by atoms with van der Waals surface area (Å²) >= 11 is 12.0. The van der Waals surface area contributed by atoms with Crippen molar-refractivity contribution in [3.8, 4) is 0 Å². The Labute approximate surface area is 166 Å². The van der Waals surface area contributed by atoms with Crippen molar-refractivity contribution in [1.29, 1.82) is 0 Å². The second kappa shape index (κ2) is 10.8. The fraction of sp³-hybridized carbons (Fsp3) is 0.579. The topological polar surface area (TPSA) is 52.6 Å². The Morgan fingerprint density at radius 3 is 2.27 bits per heavy atom. The van der Waals surface area contributed by atoms with Gasteiger partial charge in [-0.2, -0.15) is 0 Å². The van der Waals surface area contributed by atoms with E-state index in [-0.39, 0.29) is 22.8 Å². The summed E-state index contributed by atoms with van der Waals surface area (Å²) in [5.74, 6) is -0.485. The van der Waals surface area contributed by atoms with E-state index in [1.165, 1.54) is 6.07 Å². The maximum atomic E-state index is 13.0. The van der Waals surface area contributed by atoms with Gasteiger partial charge in [0.1, 0.15) is 6.04 Å². The van der Waals surface area contributed by atoms with E-state index >= 15 is 0 Å². The molecular formula is C19H29Cl2N3O2. The zero-order chi connectivity index (χ0) is 19.9. The molecule has 2 amide bonds. The van der Waals surface area contributed by atoms with Crippen LogP contribution in [0.4, 0.5) is 0 Å². The van der Waals surface area contributed by atoms with Gasteiger partial charge in [0.05, 0.1) is 10.6 Å². The van der Waals surface area contributed by atoms with Crippen LogP contribution in [0.3, 0.4) is 0 Å². The normalized spacial score (nSPS) is 12.3. The van der Waals surface area contributed by atoms with Crippen LogP contribution in [0, 0.1) is 5.92 Å². The van der Waals surface area contributed by atoms with Crippen molar-refractivity contribution >= 4 is 35.0 Å². The minimum atomic E-state index is -0.608. The van der Waals surface area contributed by atoms with E-state index < -0.39 is 6.04 Å². The van der Waals surface area contributed by atoms with Crippen LogP contribution in [-0.4, -0.2) is 61.4 Å². The Balaban J connectivity index is 2.94. The Kier molecular flexibility index (Phi) is 9.41. The Hall–Kier alpha value is -1.30. The van der Waals surface area contributed by atoms with Crippen LogP contribution in [-0.2, 0) is 4.79 Å². The van der Waals surface area contributed by atoms with Gasteiger partial charge in [0, 0.05) is 24.7 Å². The predicted octanol–water partition coefficient (Wildman–Crippen LogP) is 3.55. The molecule has 0 fully saturated rings. The molecule has 26 heavy (non-hydrogen) atoms. The van der Waals surface area contributed by atoms with Gasteiger partial charge < -0.3 is 15.1 Å². The first-order valence-corrected chi connectivity index (χ1v) is 9.62. The van der Waals surface area contributed by atoms with Crippen LogP contribution in [0.15, 0.2) is 18.2 Å². The number of carbonyl (C=O) groups is 2. The van der Waals surface area contributed by atoms with Crippen LogP contribution in [0.25, 0.3) is 0 Å². The maximum Gasteiger partial charge on any atom is 0.253 e. The molecule has 0 saturated carbocycles. The smallest absolute Gasteiger partial charge is 0.253 e. The number of benzene rings is 1. The van der Waals surface area contributed by atoms with Gasteiger partial charge >= 0.3 is 0 Å². The summed E-state index contributed by atoms with van der Waals surface area (Å²) in [6.07, 6.45) is 0.862. The number of likely N-dealkylation sites (N-methyl/N-ethyl adjacent to an activating group) is 1. The Morgan fingerprint density at radius 2 is 1.77 bits per heavy atom. The maximum absolute atomic E-state index is 13.0. The monoisotopic (exact) mass is 401 g/mol. The van der Waals surface area contributed by atoms with Gasteiger partial charge in [0.15, 0.2) is 0 Å². The molecule has 0 spiro atoms. The van der Waals surface area contributed by atoms with Gasteiger partial charge in [-0.15, -0.1) is 0 Å². The largest absolute Gasteiger partial charge is 0.340 e. The Bertz CT molecular complexity index is 621. The van der Waals surface area contributed by atoms with Crippen molar-refractivity contribution in [3.63, 3.8) is 0 Å². The molecule has 1 rings (SSSR count). The third-order valence-electron chi connectivity index (χ3n) is 4.02. The van der Waals surface area contributed by atoms with E-state index in [1.807, 2.05) is 44.7 Å². The molecule has 5 nitrogen and oxygen atoms in total. The summed E-state index contributed by atoms with van der Waals surface area (Å²) in [6.45, 7) is 7.93. The number of nitrogens with zero attached hydrogens (tertiary/aromatic N) is 2. The first kappa shape index (κ1) is 22.7.